The molecular weight excluding hydrogens is 466 g/mol. The van der Waals surface area contributed by atoms with Crippen molar-refractivity contribution >= 4 is 28.9 Å². The summed E-state index contributed by atoms with van der Waals surface area (Å²) in [6.07, 6.45) is -0.0318. The van der Waals surface area contributed by atoms with E-state index in [0.717, 1.165) is 0 Å². The molecule has 0 spiro atoms. The second kappa shape index (κ2) is 8.69. The minimum atomic E-state index is -2.58. The summed E-state index contributed by atoms with van der Waals surface area (Å²) in [5.41, 5.74) is 3.22. The summed E-state index contributed by atoms with van der Waals surface area (Å²) in [4.78, 5) is 41.5. The van der Waals surface area contributed by atoms with Crippen molar-refractivity contribution in [1.82, 2.24) is 4.90 Å². The SMILES string of the molecule is CN(C)CC#Cc1cc(N(C)C)c2c(c1O)C(O)=C1C(=O)C3(O)C(O)=C(C(N)=O)C(=O)CC3CC1C2. The number of fused-ring (bicyclic) bond motifs is 3. The molecule has 4 rings (SSSR count). The van der Waals surface area contributed by atoms with Crippen LogP contribution in [0.2, 0.25) is 0 Å². The predicted octanol–water partition coefficient (Wildman–Crippen LogP) is 0.403. The van der Waals surface area contributed by atoms with Gasteiger partial charge in [-0.2, -0.15) is 0 Å². The van der Waals surface area contributed by atoms with Crippen LogP contribution in [0.5, 0.6) is 5.75 Å². The molecule has 1 aromatic carbocycles. The van der Waals surface area contributed by atoms with Gasteiger partial charge in [-0.15, -0.1) is 0 Å². The number of phenolic OH excluding ortho intramolecular Hbond substituents is 1. The number of benzene rings is 1. The Labute approximate surface area is 208 Å². The molecule has 6 N–H and O–H groups in total. The van der Waals surface area contributed by atoms with Crippen LogP contribution in [0.3, 0.4) is 0 Å². The van der Waals surface area contributed by atoms with Crippen LogP contribution in [0.15, 0.2) is 23.0 Å². The minimum absolute atomic E-state index is 0.0301. The van der Waals surface area contributed by atoms with Gasteiger partial charge in [0.25, 0.3) is 5.91 Å². The number of carbonyl (C=O) groups excluding carboxylic acids is 3. The van der Waals surface area contributed by atoms with E-state index in [0.29, 0.717) is 17.8 Å². The van der Waals surface area contributed by atoms with E-state index in [1.807, 2.05) is 23.9 Å². The first-order valence-electron chi connectivity index (χ1n) is 11.5. The van der Waals surface area contributed by atoms with Crippen molar-refractivity contribution in [3.63, 3.8) is 0 Å². The quantitative estimate of drug-likeness (QED) is 0.295. The van der Waals surface area contributed by atoms with Crippen LogP contribution in [-0.2, 0) is 20.8 Å². The molecule has 0 heterocycles. The number of aliphatic hydroxyl groups is 3. The molecule has 1 amide bonds. The molecule has 10 heteroatoms. The largest absolute Gasteiger partial charge is 0.508 e. The number of aromatic hydroxyl groups is 1. The van der Waals surface area contributed by atoms with Crippen molar-refractivity contribution in [3.8, 4) is 17.6 Å². The van der Waals surface area contributed by atoms with E-state index in [-0.39, 0.29) is 41.7 Å². The van der Waals surface area contributed by atoms with Crippen LogP contribution >= 0.6 is 0 Å². The number of phenols is 1. The van der Waals surface area contributed by atoms with Crippen molar-refractivity contribution in [1.29, 1.82) is 0 Å². The number of carbonyl (C=O) groups is 3. The molecule has 10 nitrogen and oxygen atoms in total. The summed E-state index contributed by atoms with van der Waals surface area (Å²) >= 11 is 0. The minimum Gasteiger partial charge on any atom is -0.508 e. The summed E-state index contributed by atoms with van der Waals surface area (Å²) in [5.74, 6) is -0.686. The predicted molar refractivity (Wildman–Crippen MR) is 131 cm³/mol. The number of aliphatic hydroxyl groups excluding tert-OH is 2. The van der Waals surface area contributed by atoms with E-state index in [4.69, 9.17) is 5.73 Å². The highest BCUT2D eigenvalue weighted by Crippen LogP contribution is 2.53. The summed E-state index contributed by atoms with van der Waals surface area (Å²) in [7, 11) is 7.31. The van der Waals surface area contributed by atoms with E-state index in [1.165, 1.54) is 0 Å². The molecule has 3 aliphatic rings. The summed E-state index contributed by atoms with van der Waals surface area (Å²) in [5, 5.41) is 44.4. The van der Waals surface area contributed by atoms with Crippen molar-refractivity contribution < 1.29 is 34.8 Å². The van der Waals surface area contributed by atoms with Crippen LogP contribution in [0.4, 0.5) is 5.69 Å². The monoisotopic (exact) mass is 495 g/mol. The number of hydrogen-bond acceptors (Lipinski definition) is 9. The van der Waals surface area contributed by atoms with Gasteiger partial charge in [0.05, 0.1) is 17.7 Å². The molecule has 0 aromatic heterocycles. The summed E-state index contributed by atoms with van der Waals surface area (Å²) in [6, 6.07) is 1.72. The zero-order valence-corrected chi connectivity index (χ0v) is 20.5. The van der Waals surface area contributed by atoms with Crippen LogP contribution in [0.1, 0.15) is 29.5 Å². The van der Waals surface area contributed by atoms with Gasteiger partial charge in [-0.3, -0.25) is 19.3 Å². The molecule has 1 aromatic rings. The second-order valence-electron chi connectivity index (χ2n) is 9.99. The number of hydrogen-bond donors (Lipinski definition) is 5. The Morgan fingerprint density at radius 3 is 2.42 bits per heavy atom. The molecule has 0 bridgehead atoms. The topological polar surface area (TPSA) is 165 Å². The standard InChI is InChI=1S/C26H29N3O7/c1-28(2)7-5-6-12-10-16(29(3)4)15-9-13-8-14-11-17(30)20(25(27)35)24(34)26(14,36)23(33)18(13)22(32)19(15)21(12)31/h10,13-14,31-32,34,36H,7-9,11H2,1-4H3,(H2,27,35). The number of nitrogens with two attached hydrogens (primary N) is 1. The smallest absolute Gasteiger partial charge is 0.255 e. The molecule has 1 fully saturated rings. The maximum Gasteiger partial charge on any atom is 0.255 e. The van der Waals surface area contributed by atoms with Gasteiger partial charge < -0.3 is 31.1 Å². The van der Waals surface area contributed by atoms with E-state index in [1.54, 1.807) is 20.2 Å². The average Bonchev–Trinajstić information content (AvgIpc) is 2.77. The summed E-state index contributed by atoms with van der Waals surface area (Å²) < 4.78 is 0. The zero-order chi connectivity index (χ0) is 26.7. The van der Waals surface area contributed by atoms with E-state index < -0.39 is 52.0 Å². The maximum atomic E-state index is 13.6. The molecule has 0 radical (unpaired) electrons. The number of ketones is 2. The Kier molecular flexibility index (Phi) is 6.11. The first-order chi connectivity index (χ1) is 16.8. The third kappa shape index (κ3) is 3.63. The number of Topliss-reactive ketones (excluding diaryl/α,β-unsaturated/α-hetero) is 2. The molecule has 36 heavy (non-hydrogen) atoms. The lowest BCUT2D eigenvalue weighted by atomic mass is 9.59. The zero-order valence-electron chi connectivity index (χ0n) is 20.5. The number of rotatable bonds is 3. The van der Waals surface area contributed by atoms with Gasteiger partial charge in [-0.1, -0.05) is 11.8 Å². The summed E-state index contributed by atoms with van der Waals surface area (Å²) in [6.45, 7) is 0.433. The molecule has 1 saturated carbocycles. The van der Waals surface area contributed by atoms with Gasteiger partial charge in [0.1, 0.15) is 22.8 Å². The molecule has 0 saturated heterocycles. The Balaban J connectivity index is 1.94. The van der Waals surface area contributed by atoms with Gasteiger partial charge >= 0.3 is 0 Å². The Bertz CT molecular complexity index is 1330. The first kappa shape index (κ1) is 25.3. The van der Waals surface area contributed by atoms with Crippen LogP contribution in [0.25, 0.3) is 5.76 Å². The fourth-order valence-corrected chi connectivity index (χ4v) is 5.46. The lowest BCUT2D eigenvalue weighted by Crippen LogP contribution is -2.58. The third-order valence-electron chi connectivity index (χ3n) is 7.14. The average molecular weight is 496 g/mol. The van der Waals surface area contributed by atoms with E-state index in [9.17, 15) is 34.8 Å². The molecule has 3 aliphatic carbocycles. The Morgan fingerprint density at radius 1 is 1.17 bits per heavy atom. The van der Waals surface area contributed by atoms with E-state index in [2.05, 4.69) is 11.8 Å². The van der Waals surface area contributed by atoms with Crippen LogP contribution < -0.4 is 10.6 Å². The second-order valence-corrected chi connectivity index (χ2v) is 9.99. The van der Waals surface area contributed by atoms with Crippen molar-refractivity contribution in [3.05, 3.63) is 39.7 Å². The number of amides is 1. The van der Waals surface area contributed by atoms with Gasteiger partial charge in [-0.25, -0.2) is 0 Å². The van der Waals surface area contributed by atoms with Gasteiger partial charge in [0.2, 0.25) is 5.78 Å². The maximum absolute atomic E-state index is 13.6. The fourth-order valence-electron chi connectivity index (χ4n) is 5.46. The fraction of sp³-hybridized carbons (Fsp3) is 0.423. The molecule has 0 aliphatic heterocycles. The van der Waals surface area contributed by atoms with Crippen LogP contribution in [-0.4, -0.2) is 83.1 Å². The lowest BCUT2D eigenvalue weighted by molar-refractivity contribution is -0.147. The Morgan fingerprint density at radius 2 is 1.83 bits per heavy atom. The van der Waals surface area contributed by atoms with Crippen molar-refractivity contribution in [2.24, 2.45) is 17.6 Å². The molecular formula is C26H29N3O7. The highest BCUT2D eigenvalue weighted by atomic mass is 16.3. The highest BCUT2D eigenvalue weighted by Gasteiger charge is 2.60. The number of anilines is 1. The first-order valence-corrected chi connectivity index (χ1v) is 11.5. The van der Waals surface area contributed by atoms with Gasteiger partial charge in [0.15, 0.2) is 11.4 Å². The van der Waals surface area contributed by atoms with Crippen molar-refractivity contribution in [2.75, 3.05) is 39.6 Å². The van der Waals surface area contributed by atoms with Gasteiger partial charge in [-0.05, 0) is 44.5 Å². The normalized spacial score (nSPS) is 25.2. The molecule has 3 atom stereocenters. The lowest BCUT2D eigenvalue weighted by Gasteiger charge is -2.46. The van der Waals surface area contributed by atoms with E-state index >= 15 is 0 Å². The van der Waals surface area contributed by atoms with Crippen molar-refractivity contribution in [2.45, 2.75) is 24.9 Å². The molecule has 190 valence electrons. The third-order valence-corrected chi connectivity index (χ3v) is 7.14. The number of nitrogens with zero attached hydrogens (tertiary/aromatic N) is 2. The Hall–Kier alpha value is -3.81. The van der Waals surface area contributed by atoms with Gasteiger partial charge in [0, 0.05) is 37.7 Å². The highest BCUT2D eigenvalue weighted by molar-refractivity contribution is 6.22. The number of primary amides is 1. The molecule has 3 unspecified atom stereocenters. The van der Waals surface area contributed by atoms with Crippen LogP contribution in [0, 0.1) is 23.7 Å².